The minimum atomic E-state index is -1.04. The van der Waals surface area contributed by atoms with Crippen molar-refractivity contribution < 1.29 is 19.8 Å². The van der Waals surface area contributed by atoms with E-state index >= 15 is 0 Å². The molecule has 1 fully saturated rings. The molecule has 1 atom stereocenters. The zero-order valence-electron chi connectivity index (χ0n) is 11.2. The number of carbonyl (C=O) groups is 2. The van der Waals surface area contributed by atoms with Crippen molar-refractivity contribution in [3.05, 3.63) is 0 Å². The monoisotopic (exact) mass is 323 g/mol. The maximum absolute atomic E-state index is 10.2. The van der Waals surface area contributed by atoms with E-state index in [2.05, 4.69) is 4.99 Å². The van der Waals surface area contributed by atoms with Gasteiger partial charge in [0.25, 0.3) is 0 Å². The smallest absolute Gasteiger partial charge is 0.325 e. The number of nitrogens with two attached hydrogens (primary N) is 2. The molecule has 0 aromatic rings. The Bertz CT molecular complexity index is 330. The quantitative estimate of drug-likeness (QED) is 0.237. The van der Waals surface area contributed by atoms with Crippen LogP contribution in [-0.2, 0) is 9.59 Å². The number of nitrogens with zero attached hydrogens (tertiary/aromatic N) is 1. The van der Waals surface area contributed by atoms with Crippen molar-refractivity contribution in [1.82, 2.24) is 0 Å². The lowest BCUT2D eigenvalue weighted by Crippen LogP contribution is -2.24. The van der Waals surface area contributed by atoms with Crippen molar-refractivity contribution in [3.8, 4) is 0 Å². The highest BCUT2D eigenvalue weighted by atomic mass is 33.1. The topological polar surface area (TPSA) is 139 Å². The van der Waals surface area contributed by atoms with Gasteiger partial charge in [-0.15, -0.1) is 0 Å². The molecule has 0 bridgehead atoms. The van der Waals surface area contributed by atoms with E-state index in [1.807, 2.05) is 21.6 Å². The fourth-order valence-electron chi connectivity index (χ4n) is 1.37. The maximum atomic E-state index is 10.2. The molecule has 0 aromatic heterocycles. The Labute approximate surface area is 126 Å². The third kappa shape index (κ3) is 13.3. The van der Waals surface area contributed by atoms with Gasteiger partial charge in [-0.25, -0.2) is 4.99 Å². The zero-order chi connectivity index (χ0) is 15.4. The molecule has 9 heteroatoms. The lowest BCUT2D eigenvalue weighted by Gasteiger charge is -2.04. The predicted molar refractivity (Wildman–Crippen MR) is 82.9 cm³/mol. The Kier molecular flexibility index (Phi) is 11.1. The number of carboxylic acid groups (broad SMARTS) is 2. The molecule has 0 saturated carbocycles. The van der Waals surface area contributed by atoms with E-state index in [9.17, 15) is 9.59 Å². The zero-order valence-corrected chi connectivity index (χ0v) is 12.8. The average molecular weight is 323 g/mol. The van der Waals surface area contributed by atoms with Crippen molar-refractivity contribution in [2.24, 2.45) is 16.5 Å². The molecule has 1 heterocycles. The lowest BCUT2D eigenvalue weighted by molar-refractivity contribution is -0.137. The summed E-state index contributed by atoms with van der Waals surface area (Å²) in [7, 11) is 3.92. The van der Waals surface area contributed by atoms with Crippen molar-refractivity contribution in [3.63, 3.8) is 0 Å². The van der Waals surface area contributed by atoms with Crippen LogP contribution in [0.15, 0.2) is 4.99 Å². The van der Waals surface area contributed by atoms with E-state index in [1.165, 1.54) is 18.6 Å². The number of carboxylic acids is 2. The first-order valence-corrected chi connectivity index (χ1v) is 8.57. The molecule has 0 spiro atoms. The van der Waals surface area contributed by atoms with E-state index < -0.39 is 11.9 Å². The van der Waals surface area contributed by atoms with Crippen LogP contribution in [0.3, 0.4) is 0 Å². The maximum Gasteiger partial charge on any atom is 0.325 e. The van der Waals surface area contributed by atoms with Gasteiger partial charge in [0.05, 0.1) is 0 Å². The first-order chi connectivity index (χ1) is 9.41. The first-order valence-electron chi connectivity index (χ1n) is 6.19. The van der Waals surface area contributed by atoms with Crippen LogP contribution >= 0.6 is 21.6 Å². The van der Waals surface area contributed by atoms with Crippen LogP contribution < -0.4 is 11.5 Å². The Balaban J connectivity index is 0.000000396. The van der Waals surface area contributed by atoms with Gasteiger partial charge >= 0.3 is 11.9 Å². The second-order valence-electron chi connectivity index (χ2n) is 4.10. The summed E-state index contributed by atoms with van der Waals surface area (Å²) in [5.74, 6) is -0.636. The van der Waals surface area contributed by atoms with Gasteiger partial charge in [0.1, 0.15) is 6.54 Å². The standard InChI is InChI=1S/C8H14O2S2.C3H7N3O2/c9-8(10)4-2-1-3-7-5-6-11-12-7;4-3(5)6-1-2(7)8/h7H,1-6H2,(H,9,10);1H2,(H,7,8)(H4,4,5,6)/t7-;/m0./s1. The highest BCUT2D eigenvalue weighted by Crippen LogP contribution is 2.39. The SMILES string of the molecule is NC(N)=NCC(=O)O.O=C(O)CCCC[C@H]1CCSS1. The van der Waals surface area contributed by atoms with Crippen LogP contribution in [0.1, 0.15) is 32.1 Å². The van der Waals surface area contributed by atoms with Crippen LogP contribution in [0.5, 0.6) is 0 Å². The van der Waals surface area contributed by atoms with E-state index in [0.29, 0.717) is 6.42 Å². The van der Waals surface area contributed by atoms with Crippen LogP contribution in [0, 0.1) is 0 Å². The number of guanidine groups is 1. The highest BCUT2D eigenvalue weighted by molar-refractivity contribution is 8.77. The van der Waals surface area contributed by atoms with Crippen LogP contribution in [0.4, 0.5) is 0 Å². The minimum absolute atomic E-state index is 0.201. The molecule has 1 saturated heterocycles. The molecule has 0 aromatic carbocycles. The first kappa shape index (κ1) is 18.9. The summed E-state index contributed by atoms with van der Waals surface area (Å²) in [4.78, 5) is 23.1. The fraction of sp³-hybridized carbons (Fsp3) is 0.727. The van der Waals surface area contributed by atoms with Gasteiger partial charge in [-0.2, -0.15) is 0 Å². The number of unbranched alkanes of at least 4 members (excludes halogenated alkanes) is 1. The Morgan fingerprint density at radius 3 is 2.30 bits per heavy atom. The number of aliphatic imine (C=N–C) groups is 1. The van der Waals surface area contributed by atoms with Crippen LogP contribution in [0.25, 0.3) is 0 Å². The molecule has 1 aliphatic rings. The summed E-state index contributed by atoms with van der Waals surface area (Å²) >= 11 is 0. The molecule has 0 unspecified atom stereocenters. The molecule has 0 radical (unpaired) electrons. The third-order valence-corrected chi connectivity index (χ3v) is 5.30. The molecule has 7 nitrogen and oxygen atoms in total. The third-order valence-electron chi connectivity index (χ3n) is 2.29. The summed E-state index contributed by atoms with van der Waals surface area (Å²) in [6.07, 6.45) is 4.76. The van der Waals surface area contributed by atoms with Gasteiger partial charge in [0, 0.05) is 17.4 Å². The predicted octanol–water partition coefficient (Wildman–Crippen LogP) is 1.13. The molecular formula is C11H21N3O4S2. The summed E-state index contributed by atoms with van der Waals surface area (Å²) in [6.45, 7) is -0.359. The second kappa shape index (κ2) is 11.7. The fourth-order valence-corrected chi connectivity index (χ4v) is 4.40. The average Bonchev–Trinajstić information content (AvgIpc) is 2.86. The summed E-state index contributed by atoms with van der Waals surface area (Å²) in [5.41, 5.74) is 9.61. The van der Waals surface area contributed by atoms with Gasteiger partial charge in [-0.3, -0.25) is 9.59 Å². The van der Waals surface area contributed by atoms with Crippen LogP contribution in [-0.4, -0.2) is 45.7 Å². The number of aliphatic carboxylic acids is 2. The van der Waals surface area contributed by atoms with Gasteiger partial charge in [-0.1, -0.05) is 28.0 Å². The van der Waals surface area contributed by atoms with Crippen LogP contribution in [0.2, 0.25) is 0 Å². The minimum Gasteiger partial charge on any atom is -0.481 e. The van der Waals surface area contributed by atoms with E-state index in [-0.39, 0.29) is 12.5 Å². The largest absolute Gasteiger partial charge is 0.481 e. The van der Waals surface area contributed by atoms with Gasteiger partial charge in [0.2, 0.25) is 0 Å². The van der Waals surface area contributed by atoms with Crippen molar-refractivity contribution in [2.45, 2.75) is 37.4 Å². The molecule has 1 rings (SSSR count). The summed E-state index contributed by atoms with van der Waals surface area (Å²) in [6, 6.07) is 0. The molecule has 6 N–H and O–H groups in total. The van der Waals surface area contributed by atoms with Gasteiger partial charge in [-0.05, 0) is 19.3 Å². The Hall–Kier alpha value is -1.09. The number of hydrogen-bond donors (Lipinski definition) is 4. The van der Waals surface area contributed by atoms with Crippen molar-refractivity contribution in [1.29, 1.82) is 0 Å². The number of hydrogen-bond acceptors (Lipinski definition) is 5. The number of rotatable bonds is 7. The van der Waals surface area contributed by atoms with E-state index in [0.717, 1.165) is 18.1 Å². The molecule has 0 amide bonds. The molecule has 20 heavy (non-hydrogen) atoms. The Morgan fingerprint density at radius 1 is 1.20 bits per heavy atom. The van der Waals surface area contributed by atoms with E-state index in [1.54, 1.807) is 0 Å². The van der Waals surface area contributed by atoms with Crippen molar-refractivity contribution >= 4 is 39.5 Å². The van der Waals surface area contributed by atoms with E-state index in [4.69, 9.17) is 21.7 Å². The molecule has 0 aliphatic carbocycles. The molecule has 1 aliphatic heterocycles. The highest BCUT2D eigenvalue weighted by Gasteiger charge is 2.15. The molecule has 116 valence electrons. The Morgan fingerprint density at radius 2 is 1.90 bits per heavy atom. The normalized spacial score (nSPS) is 16.9. The lowest BCUT2D eigenvalue weighted by atomic mass is 10.1. The summed E-state index contributed by atoms with van der Waals surface area (Å²) in [5, 5.41) is 17.1. The van der Waals surface area contributed by atoms with Crippen molar-refractivity contribution in [2.75, 3.05) is 12.3 Å². The van der Waals surface area contributed by atoms with Gasteiger partial charge in [0.15, 0.2) is 5.96 Å². The second-order valence-corrected chi connectivity index (χ2v) is 6.89. The van der Waals surface area contributed by atoms with Gasteiger partial charge < -0.3 is 21.7 Å². The summed E-state index contributed by atoms with van der Waals surface area (Å²) < 4.78 is 0. The molecular weight excluding hydrogens is 302 g/mol.